The zero-order valence-corrected chi connectivity index (χ0v) is 16.7. The van der Waals surface area contributed by atoms with Crippen molar-refractivity contribution < 1.29 is 24.2 Å². The Morgan fingerprint density at radius 3 is 2.37 bits per heavy atom. The van der Waals surface area contributed by atoms with E-state index >= 15 is 0 Å². The van der Waals surface area contributed by atoms with Gasteiger partial charge in [0.05, 0.1) is 12.8 Å². The third kappa shape index (κ3) is 5.61. The first-order chi connectivity index (χ1) is 14.6. The summed E-state index contributed by atoms with van der Waals surface area (Å²) in [6.07, 6.45) is 6.68. The quantitative estimate of drug-likeness (QED) is 0.509. The molecule has 2 aromatic carbocycles. The number of ketones is 1. The fourth-order valence-electron chi connectivity index (χ4n) is 2.96. The predicted molar refractivity (Wildman–Crippen MR) is 114 cm³/mol. The van der Waals surface area contributed by atoms with Gasteiger partial charge in [-0.1, -0.05) is 24.3 Å². The van der Waals surface area contributed by atoms with Gasteiger partial charge >= 0.3 is 5.97 Å². The third-order valence-corrected chi connectivity index (χ3v) is 4.50. The van der Waals surface area contributed by atoms with Gasteiger partial charge in [-0.25, -0.2) is 4.79 Å². The molecule has 0 bridgehead atoms. The normalized spacial score (nSPS) is 10.8. The minimum Gasteiger partial charge on any atom is -0.497 e. The Hall–Kier alpha value is -3.80. The van der Waals surface area contributed by atoms with Crippen molar-refractivity contribution in [3.63, 3.8) is 0 Å². The number of rotatable bonds is 10. The summed E-state index contributed by atoms with van der Waals surface area (Å²) in [5, 5.41) is 8.63. The van der Waals surface area contributed by atoms with Crippen molar-refractivity contribution in [1.29, 1.82) is 0 Å². The number of aromatic nitrogens is 1. The molecule has 1 heterocycles. The van der Waals surface area contributed by atoms with Crippen LogP contribution in [0.15, 0.2) is 72.9 Å². The minimum absolute atomic E-state index is 0.0245. The summed E-state index contributed by atoms with van der Waals surface area (Å²) in [6, 6.07) is 18.0. The van der Waals surface area contributed by atoms with Crippen LogP contribution in [0.3, 0.4) is 0 Å². The molecule has 0 amide bonds. The van der Waals surface area contributed by atoms with Gasteiger partial charge in [0.25, 0.3) is 0 Å². The van der Waals surface area contributed by atoms with Crippen LogP contribution in [0.5, 0.6) is 11.5 Å². The molecule has 0 saturated heterocycles. The lowest BCUT2D eigenvalue weighted by molar-refractivity contribution is -0.139. The number of aliphatic carboxylic acids is 1. The highest BCUT2D eigenvalue weighted by Crippen LogP contribution is 2.17. The first kappa shape index (κ1) is 20.9. The highest BCUT2D eigenvalue weighted by atomic mass is 16.5. The largest absolute Gasteiger partial charge is 0.497 e. The summed E-state index contributed by atoms with van der Waals surface area (Å²) in [5.41, 5.74) is 2.25. The number of aryl methyl sites for hydroxylation is 1. The number of hydrogen-bond acceptors (Lipinski definition) is 4. The molecule has 6 nitrogen and oxygen atoms in total. The SMILES string of the molecule is COc1ccc(C(=O)c2cccn2CC/C=C/c2ccc(OCC(=O)O)cc2)cc1. The fraction of sp³-hybridized carbons (Fsp3) is 0.167. The van der Waals surface area contributed by atoms with Crippen LogP contribution in [-0.2, 0) is 11.3 Å². The Bertz CT molecular complexity index is 1020. The van der Waals surface area contributed by atoms with Crippen molar-refractivity contribution >= 4 is 17.8 Å². The molecule has 0 unspecified atom stereocenters. The number of allylic oxidation sites excluding steroid dienone is 1. The van der Waals surface area contributed by atoms with Gasteiger partial charge in [-0.2, -0.15) is 0 Å². The van der Waals surface area contributed by atoms with E-state index in [1.807, 2.05) is 47.2 Å². The minimum atomic E-state index is -1.01. The molecule has 1 aromatic heterocycles. The van der Waals surface area contributed by atoms with E-state index in [1.54, 1.807) is 43.5 Å². The molecule has 3 aromatic rings. The molecule has 0 aliphatic heterocycles. The molecule has 6 heteroatoms. The first-order valence-electron chi connectivity index (χ1n) is 9.52. The van der Waals surface area contributed by atoms with Crippen LogP contribution >= 0.6 is 0 Å². The Morgan fingerprint density at radius 1 is 1.00 bits per heavy atom. The highest BCUT2D eigenvalue weighted by molar-refractivity contribution is 6.08. The Balaban J connectivity index is 1.56. The maximum Gasteiger partial charge on any atom is 0.341 e. The van der Waals surface area contributed by atoms with Crippen molar-refractivity contribution in [2.24, 2.45) is 0 Å². The highest BCUT2D eigenvalue weighted by Gasteiger charge is 2.13. The zero-order chi connectivity index (χ0) is 21.3. The topological polar surface area (TPSA) is 77.8 Å². The summed E-state index contributed by atoms with van der Waals surface area (Å²) in [5.74, 6) is 0.203. The van der Waals surface area contributed by atoms with Gasteiger partial charge in [0.2, 0.25) is 5.78 Å². The van der Waals surface area contributed by atoms with E-state index in [9.17, 15) is 9.59 Å². The molecule has 1 N–H and O–H groups in total. The van der Waals surface area contributed by atoms with E-state index < -0.39 is 5.97 Å². The van der Waals surface area contributed by atoms with Gasteiger partial charge in [-0.05, 0) is 60.5 Å². The van der Waals surface area contributed by atoms with E-state index in [4.69, 9.17) is 14.6 Å². The summed E-state index contributed by atoms with van der Waals surface area (Å²) >= 11 is 0. The number of benzene rings is 2. The van der Waals surface area contributed by atoms with Crippen molar-refractivity contribution in [3.8, 4) is 11.5 Å². The van der Waals surface area contributed by atoms with Crippen molar-refractivity contribution in [3.05, 3.63) is 89.8 Å². The second-order valence-electron chi connectivity index (χ2n) is 6.59. The van der Waals surface area contributed by atoms with Crippen LogP contribution in [0, 0.1) is 0 Å². The van der Waals surface area contributed by atoms with E-state index in [0.717, 1.165) is 12.0 Å². The van der Waals surface area contributed by atoms with Crippen LogP contribution in [0.2, 0.25) is 0 Å². The molecule has 0 saturated carbocycles. The Labute approximate surface area is 175 Å². The molecule has 0 radical (unpaired) electrons. The Kier molecular flexibility index (Phi) is 7.05. The van der Waals surface area contributed by atoms with Crippen LogP contribution in [0.4, 0.5) is 0 Å². The predicted octanol–water partition coefficient (Wildman–Crippen LogP) is 4.29. The van der Waals surface area contributed by atoms with E-state index in [-0.39, 0.29) is 12.4 Å². The molecule has 0 atom stereocenters. The monoisotopic (exact) mass is 405 g/mol. The number of hydrogen-bond donors (Lipinski definition) is 1. The van der Waals surface area contributed by atoms with E-state index in [1.165, 1.54) is 0 Å². The standard InChI is InChI=1S/C24H23NO5/c1-29-20-13-9-19(10-14-20)24(28)22-6-4-16-25(22)15-3-2-5-18-7-11-21(12-8-18)30-17-23(26)27/h2,4-14,16H,3,15,17H2,1H3,(H,26,27)/b5-2+. The third-order valence-electron chi connectivity index (χ3n) is 4.50. The van der Waals surface area contributed by atoms with E-state index in [0.29, 0.717) is 29.3 Å². The summed E-state index contributed by atoms with van der Waals surface area (Å²) < 4.78 is 12.2. The molecule has 154 valence electrons. The molecule has 30 heavy (non-hydrogen) atoms. The van der Waals surface area contributed by atoms with Gasteiger partial charge in [0, 0.05) is 18.3 Å². The second kappa shape index (κ2) is 10.1. The van der Waals surface area contributed by atoms with Crippen molar-refractivity contribution in [2.45, 2.75) is 13.0 Å². The number of nitrogens with zero attached hydrogens (tertiary/aromatic N) is 1. The van der Waals surface area contributed by atoms with Gasteiger partial charge < -0.3 is 19.1 Å². The lowest BCUT2D eigenvalue weighted by Crippen LogP contribution is -2.09. The number of carbonyl (C=O) groups is 2. The second-order valence-corrected chi connectivity index (χ2v) is 6.59. The van der Waals surface area contributed by atoms with Crippen LogP contribution in [0.25, 0.3) is 6.08 Å². The summed E-state index contributed by atoms with van der Waals surface area (Å²) in [7, 11) is 1.59. The smallest absolute Gasteiger partial charge is 0.341 e. The lowest BCUT2D eigenvalue weighted by Gasteiger charge is -2.08. The average Bonchev–Trinajstić information content (AvgIpc) is 3.24. The first-order valence-corrected chi connectivity index (χ1v) is 9.52. The number of carboxylic acids is 1. The maximum atomic E-state index is 12.8. The van der Waals surface area contributed by atoms with Crippen molar-refractivity contribution in [2.75, 3.05) is 13.7 Å². The molecule has 0 aliphatic rings. The number of carbonyl (C=O) groups excluding carboxylic acids is 1. The summed E-state index contributed by atoms with van der Waals surface area (Å²) in [4.78, 5) is 23.3. The molecule has 3 rings (SSSR count). The molecule has 0 aliphatic carbocycles. The van der Waals surface area contributed by atoms with Gasteiger partial charge in [-0.3, -0.25) is 4.79 Å². The van der Waals surface area contributed by atoms with Crippen LogP contribution in [-0.4, -0.2) is 35.1 Å². The van der Waals surface area contributed by atoms with Gasteiger partial charge in [-0.15, -0.1) is 0 Å². The molecule has 0 fully saturated rings. The van der Waals surface area contributed by atoms with Crippen LogP contribution < -0.4 is 9.47 Å². The zero-order valence-electron chi connectivity index (χ0n) is 16.7. The van der Waals surface area contributed by atoms with Crippen LogP contribution in [0.1, 0.15) is 28.0 Å². The lowest BCUT2D eigenvalue weighted by atomic mass is 10.1. The maximum absolute atomic E-state index is 12.8. The number of carboxylic acid groups (broad SMARTS) is 1. The number of methoxy groups -OCH3 is 1. The van der Waals surface area contributed by atoms with Gasteiger partial charge in [0.1, 0.15) is 11.5 Å². The average molecular weight is 405 g/mol. The molecular weight excluding hydrogens is 382 g/mol. The van der Waals surface area contributed by atoms with Crippen molar-refractivity contribution in [1.82, 2.24) is 4.57 Å². The number of ether oxygens (including phenoxy) is 2. The fourth-order valence-corrected chi connectivity index (χ4v) is 2.96. The van der Waals surface area contributed by atoms with Gasteiger partial charge in [0.15, 0.2) is 6.61 Å². The Morgan fingerprint density at radius 2 is 1.70 bits per heavy atom. The molecular formula is C24H23NO5. The summed E-state index contributed by atoms with van der Waals surface area (Å²) in [6.45, 7) is 0.324. The van der Waals surface area contributed by atoms with E-state index in [2.05, 4.69) is 0 Å². The molecule has 0 spiro atoms.